The van der Waals surface area contributed by atoms with Gasteiger partial charge in [-0.25, -0.2) is 4.39 Å². The Kier molecular flexibility index (Phi) is 5.36. The van der Waals surface area contributed by atoms with E-state index in [2.05, 4.69) is 0 Å². The van der Waals surface area contributed by atoms with E-state index in [-0.39, 0.29) is 24.9 Å². The Morgan fingerprint density at radius 3 is 2.83 bits per heavy atom. The highest BCUT2D eigenvalue weighted by atomic mass is 19.1. The second-order valence-electron chi connectivity index (χ2n) is 6.16. The van der Waals surface area contributed by atoms with Crippen LogP contribution in [0.15, 0.2) is 24.3 Å². The second-order valence-corrected chi connectivity index (χ2v) is 6.16. The van der Waals surface area contributed by atoms with Crippen LogP contribution in [0, 0.1) is 11.2 Å². The van der Waals surface area contributed by atoms with Crippen LogP contribution in [0.4, 0.5) is 4.39 Å². The molecule has 1 amide bonds. The predicted molar refractivity (Wildman–Crippen MR) is 82.6 cm³/mol. The summed E-state index contributed by atoms with van der Waals surface area (Å²) in [7, 11) is 1.46. The lowest BCUT2D eigenvalue weighted by atomic mass is 9.80. The number of ether oxygens (including phenoxy) is 1. The van der Waals surface area contributed by atoms with Crippen molar-refractivity contribution in [3.8, 4) is 0 Å². The predicted octanol–water partition coefficient (Wildman–Crippen LogP) is 2.27. The molecule has 2 rings (SSSR count). The van der Waals surface area contributed by atoms with Gasteiger partial charge < -0.3 is 14.7 Å². The zero-order chi connectivity index (χ0) is 17.0. The number of hydrogen-bond donors (Lipinski definition) is 1. The minimum absolute atomic E-state index is 0.0699. The molecule has 2 unspecified atom stereocenters. The van der Waals surface area contributed by atoms with E-state index in [1.165, 1.54) is 19.2 Å². The van der Waals surface area contributed by atoms with E-state index in [0.29, 0.717) is 24.9 Å². The van der Waals surface area contributed by atoms with Crippen LogP contribution in [0.1, 0.15) is 31.2 Å². The van der Waals surface area contributed by atoms with Crippen LogP contribution < -0.4 is 0 Å². The Hall–Kier alpha value is -1.95. The normalized spacial score (nSPS) is 22.7. The molecule has 1 aliphatic rings. The molecule has 0 bridgehead atoms. The highest BCUT2D eigenvalue weighted by Gasteiger charge is 2.44. The number of aliphatic carboxylic acids is 1. The summed E-state index contributed by atoms with van der Waals surface area (Å²) >= 11 is 0. The van der Waals surface area contributed by atoms with E-state index in [9.17, 15) is 19.1 Å². The van der Waals surface area contributed by atoms with Gasteiger partial charge in [0.05, 0.1) is 12.5 Å². The highest BCUT2D eigenvalue weighted by Crippen LogP contribution is 2.32. The lowest BCUT2D eigenvalue weighted by molar-refractivity contribution is -0.159. The first-order chi connectivity index (χ1) is 10.9. The second kappa shape index (κ2) is 7.08. The first kappa shape index (κ1) is 17.4. The van der Waals surface area contributed by atoms with Gasteiger partial charge in [-0.05, 0) is 37.5 Å². The molecule has 0 aromatic heterocycles. The fourth-order valence-electron chi connectivity index (χ4n) is 3.14. The molecule has 0 aliphatic carbocycles. The average Bonchev–Trinajstić information content (AvgIpc) is 2.54. The van der Waals surface area contributed by atoms with Crippen LogP contribution in [-0.4, -0.2) is 48.7 Å². The van der Waals surface area contributed by atoms with Crippen LogP contribution in [0.3, 0.4) is 0 Å². The molecule has 23 heavy (non-hydrogen) atoms. The monoisotopic (exact) mass is 323 g/mol. The largest absolute Gasteiger partial charge is 0.481 e. The number of piperidine rings is 1. The Morgan fingerprint density at radius 2 is 2.22 bits per heavy atom. The molecule has 1 heterocycles. The summed E-state index contributed by atoms with van der Waals surface area (Å²) in [6, 6.07) is 5.94. The Bertz CT molecular complexity index is 588. The van der Waals surface area contributed by atoms with Gasteiger partial charge in [-0.2, -0.15) is 0 Å². The Labute approximate surface area is 135 Å². The summed E-state index contributed by atoms with van der Waals surface area (Å²) in [5.74, 6) is -2.04. The van der Waals surface area contributed by atoms with E-state index in [1.807, 2.05) is 0 Å². The smallest absolute Gasteiger partial charge is 0.313 e. The quantitative estimate of drug-likeness (QED) is 0.903. The third kappa shape index (κ3) is 3.69. The number of rotatable bonds is 5. The van der Waals surface area contributed by atoms with Crippen molar-refractivity contribution in [1.29, 1.82) is 0 Å². The summed E-state index contributed by atoms with van der Waals surface area (Å²) in [5, 5.41) is 9.54. The van der Waals surface area contributed by atoms with E-state index in [1.54, 1.807) is 24.0 Å². The number of hydrogen-bond acceptors (Lipinski definition) is 3. The molecule has 0 saturated carbocycles. The minimum Gasteiger partial charge on any atom is -0.481 e. The van der Waals surface area contributed by atoms with Gasteiger partial charge in [-0.15, -0.1) is 0 Å². The van der Waals surface area contributed by atoms with Gasteiger partial charge in [0.2, 0.25) is 5.91 Å². The van der Waals surface area contributed by atoms with Crippen molar-refractivity contribution in [2.75, 3.05) is 26.8 Å². The molecule has 5 nitrogen and oxygen atoms in total. The zero-order valence-corrected chi connectivity index (χ0v) is 13.4. The van der Waals surface area contributed by atoms with Crippen LogP contribution in [0.25, 0.3) is 0 Å². The number of benzene rings is 1. The summed E-state index contributed by atoms with van der Waals surface area (Å²) in [5.41, 5.74) is -0.474. The molecule has 1 aromatic rings. The number of methoxy groups -OCH3 is 1. The number of halogens is 1. The van der Waals surface area contributed by atoms with Gasteiger partial charge in [0.1, 0.15) is 11.2 Å². The summed E-state index contributed by atoms with van der Waals surface area (Å²) in [6.45, 7) is 2.41. The van der Waals surface area contributed by atoms with Crippen LogP contribution in [0.2, 0.25) is 0 Å². The van der Waals surface area contributed by atoms with Crippen molar-refractivity contribution < 1.29 is 23.8 Å². The minimum atomic E-state index is -1.07. The van der Waals surface area contributed by atoms with Crippen LogP contribution >= 0.6 is 0 Å². The van der Waals surface area contributed by atoms with Crippen molar-refractivity contribution in [3.63, 3.8) is 0 Å². The molecule has 1 aliphatic heterocycles. The van der Waals surface area contributed by atoms with Crippen molar-refractivity contribution in [3.05, 3.63) is 35.6 Å². The molecule has 1 fully saturated rings. The average molecular weight is 323 g/mol. The Balaban J connectivity index is 2.17. The number of nitrogens with zero attached hydrogens (tertiary/aromatic N) is 1. The van der Waals surface area contributed by atoms with Gasteiger partial charge in [0.25, 0.3) is 0 Å². The first-order valence-electron chi connectivity index (χ1n) is 7.66. The van der Waals surface area contributed by atoms with E-state index in [0.717, 1.165) is 0 Å². The van der Waals surface area contributed by atoms with Crippen molar-refractivity contribution >= 4 is 11.9 Å². The third-order valence-corrected chi connectivity index (χ3v) is 4.48. The maximum Gasteiger partial charge on any atom is 0.313 e. The summed E-state index contributed by atoms with van der Waals surface area (Å²) < 4.78 is 18.4. The van der Waals surface area contributed by atoms with Crippen molar-refractivity contribution in [1.82, 2.24) is 4.90 Å². The van der Waals surface area contributed by atoms with Gasteiger partial charge in [-0.3, -0.25) is 9.59 Å². The number of carboxylic acid groups (broad SMARTS) is 1. The molecule has 0 spiro atoms. The molecular formula is C17H22FNO4. The van der Waals surface area contributed by atoms with E-state index < -0.39 is 17.3 Å². The zero-order valence-electron chi connectivity index (χ0n) is 13.4. The van der Waals surface area contributed by atoms with Gasteiger partial charge in [-0.1, -0.05) is 12.1 Å². The first-order valence-corrected chi connectivity index (χ1v) is 7.66. The number of amides is 1. The Morgan fingerprint density at radius 1 is 1.48 bits per heavy atom. The lowest BCUT2D eigenvalue weighted by Gasteiger charge is -2.40. The molecule has 2 atom stereocenters. The molecule has 1 N–H and O–H groups in total. The van der Waals surface area contributed by atoms with Gasteiger partial charge in [0.15, 0.2) is 0 Å². The number of carbonyl (C=O) groups excluding carboxylic acids is 1. The highest BCUT2D eigenvalue weighted by molar-refractivity contribution is 5.84. The fraction of sp³-hybridized carbons (Fsp3) is 0.529. The van der Waals surface area contributed by atoms with Crippen molar-refractivity contribution in [2.45, 2.75) is 25.7 Å². The molecule has 126 valence electrons. The molecule has 6 heteroatoms. The van der Waals surface area contributed by atoms with Crippen LogP contribution in [-0.2, 0) is 14.3 Å². The third-order valence-electron chi connectivity index (χ3n) is 4.48. The summed E-state index contributed by atoms with van der Waals surface area (Å²) in [6.07, 6.45) is 1.09. The van der Waals surface area contributed by atoms with E-state index >= 15 is 0 Å². The molecule has 1 saturated heterocycles. The van der Waals surface area contributed by atoms with E-state index in [4.69, 9.17) is 4.74 Å². The lowest BCUT2D eigenvalue weighted by Crippen LogP contribution is -2.52. The molecular weight excluding hydrogens is 301 g/mol. The number of carboxylic acids is 1. The SMILES string of the molecule is COCC1(C(=O)O)CCCN(C(=O)C(C)c2cccc(F)c2)C1. The maximum atomic E-state index is 13.3. The number of likely N-dealkylation sites (tertiary alicyclic amines) is 1. The summed E-state index contributed by atoms with van der Waals surface area (Å²) in [4.78, 5) is 25.9. The standard InChI is InChI=1S/C17H22FNO4/c1-12(13-5-3-6-14(18)9-13)15(20)19-8-4-7-17(10-19,11-23-2)16(21)22/h3,5-6,9,12H,4,7-8,10-11H2,1-2H3,(H,21,22). The fourth-order valence-corrected chi connectivity index (χ4v) is 3.14. The molecule has 0 radical (unpaired) electrons. The van der Waals surface area contributed by atoms with Crippen molar-refractivity contribution in [2.24, 2.45) is 5.41 Å². The number of carbonyl (C=O) groups is 2. The topological polar surface area (TPSA) is 66.8 Å². The maximum absolute atomic E-state index is 13.3. The molecule has 1 aromatic carbocycles. The van der Waals surface area contributed by atoms with Gasteiger partial charge in [0, 0.05) is 20.2 Å². The van der Waals surface area contributed by atoms with Crippen LogP contribution in [0.5, 0.6) is 0 Å². The van der Waals surface area contributed by atoms with Gasteiger partial charge >= 0.3 is 5.97 Å².